The highest BCUT2D eigenvalue weighted by Crippen LogP contribution is 2.36. The van der Waals surface area contributed by atoms with Crippen molar-refractivity contribution in [3.8, 4) is 23.0 Å². The first-order valence-corrected chi connectivity index (χ1v) is 7.88. The van der Waals surface area contributed by atoms with E-state index < -0.39 is 5.97 Å². The van der Waals surface area contributed by atoms with Crippen LogP contribution in [-0.2, 0) is 6.61 Å². The summed E-state index contributed by atoms with van der Waals surface area (Å²) in [7, 11) is 1.54. The number of aromatic carboxylic acids is 1. The van der Waals surface area contributed by atoms with Gasteiger partial charge >= 0.3 is 5.97 Å². The summed E-state index contributed by atoms with van der Waals surface area (Å²) in [6, 6.07) is 12.2. The summed E-state index contributed by atoms with van der Waals surface area (Å²) in [5.41, 5.74) is 0.999. The number of rotatable bonds is 5. The van der Waals surface area contributed by atoms with Crippen molar-refractivity contribution in [2.75, 3.05) is 13.9 Å². The van der Waals surface area contributed by atoms with E-state index >= 15 is 0 Å². The Hall–Kier alpha value is -3.48. The minimum Gasteiger partial charge on any atom is -0.493 e. The lowest BCUT2D eigenvalue weighted by Gasteiger charge is -2.12. The average Bonchev–Trinajstić information content (AvgIpc) is 3.11. The molecule has 0 saturated heterocycles. The molecule has 132 valence electrons. The fourth-order valence-corrected chi connectivity index (χ4v) is 2.78. The van der Waals surface area contributed by atoms with Gasteiger partial charge in [-0.25, -0.2) is 9.78 Å². The first-order valence-electron chi connectivity index (χ1n) is 7.88. The lowest BCUT2D eigenvalue weighted by molar-refractivity contribution is 0.0693. The number of nitrogens with zero attached hydrogens (tertiary/aromatic N) is 1. The molecule has 0 radical (unpaired) electrons. The summed E-state index contributed by atoms with van der Waals surface area (Å²) in [4.78, 5) is 16.1. The summed E-state index contributed by atoms with van der Waals surface area (Å²) in [5, 5.41) is 10.2. The first kappa shape index (κ1) is 16.0. The third-order valence-electron chi connectivity index (χ3n) is 4.05. The minimum absolute atomic E-state index is 0.00755. The molecule has 0 spiro atoms. The van der Waals surface area contributed by atoms with Crippen LogP contribution in [0.3, 0.4) is 0 Å². The van der Waals surface area contributed by atoms with Gasteiger partial charge in [0.05, 0.1) is 23.9 Å². The second-order valence-electron chi connectivity index (χ2n) is 5.63. The van der Waals surface area contributed by atoms with Crippen LogP contribution in [-0.4, -0.2) is 30.0 Å². The summed E-state index contributed by atoms with van der Waals surface area (Å²) in [6.07, 6.45) is 0. The lowest BCUT2D eigenvalue weighted by Crippen LogP contribution is -2.09. The standard InChI is InChI=1S/C19H15NO6/c1-23-15-4-2-3-5-16(15)24-9-14-12(19(21)22)6-11-7-17-18(26-10-25-17)8-13(11)20-14/h2-8H,9-10H2,1H3,(H,21,22). The number of hydrogen-bond donors (Lipinski definition) is 1. The van der Waals surface area contributed by atoms with E-state index in [1.807, 2.05) is 12.1 Å². The van der Waals surface area contributed by atoms with Crippen LogP contribution >= 0.6 is 0 Å². The Kier molecular flexibility index (Phi) is 3.96. The molecule has 0 aliphatic carbocycles. The van der Waals surface area contributed by atoms with Crippen molar-refractivity contribution < 1.29 is 28.8 Å². The molecule has 1 aliphatic heterocycles. The van der Waals surface area contributed by atoms with Gasteiger partial charge in [0, 0.05) is 11.5 Å². The van der Waals surface area contributed by atoms with Crippen molar-refractivity contribution in [2.24, 2.45) is 0 Å². The minimum atomic E-state index is -1.07. The molecule has 0 bridgehead atoms. The van der Waals surface area contributed by atoms with E-state index in [0.29, 0.717) is 39.6 Å². The van der Waals surface area contributed by atoms with Crippen LogP contribution in [0.5, 0.6) is 23.0 Å². The highest BCUT2D eigenvalue weighted by Gasteiger charge is 2.19. The van der Waals surface area contributed by atoms with Crippen molar-refractivity contribution in [3.05, 3.63) is 53.7 Å². The Morgan fingerprint density at radius 3 is 2.62 bits per heavy atom. The molecule has 0 unspecified atom stereocenters. The van der Waals surface area contributed by atoms with Gasteiger partial charge in [-0.05, 0) is 24.3 Å². The van der Waals surface area contributed by atoms with Crippen molar-refractivity contribution >= 4 is 16.9 Å². The maximum atomic E-state index is 11.7. The van der Waals surface area contributed by atoms with Crippen LogP contribution in [0.1, 0.15) is 16.1 Å². The highest BCUT2D eigenvalue weighted by molar-refractivity contribution is 5.95. The van der Waals surface area contributed by atoms with Crippen LogP contribution < -0.4 is 18.9 Å². The van der Waals surface area contributed by atoms with E-state index in [0.717, 1.165) is 0 Å². The predicted molar refractivity (Wildman–Crippen MR) is 92.2 cm³/mol. The number of methoxy groups -OCH3 is 1. The molecule has 1 aliphatic rings. The fraction of sp³-hybridized carbons (Fsp3) is 0.158. The number of hydrogen-bond acceptors (Lipinski definition) is 6. The monoisotopic (exact) mass is 353 g/mol. The van der Waals surface area contributed by atoms with Gasteiger partial charge in [-0.15, -0.1) is 0 Å². The van der Waals surface area contributed by atoms with Gasteiger partial charge in [0.15, 0.2) is 23.0 Å². The molecule has 3 aromatic rings. The normalized spacial score (nSPS) is 12.2. The van der Waals surface area contributed by atoms with E-state index in [1.54, 1.807) is 37.4 Å². The molecule has 2 aromatic carbocycles. The zero-order chi connectivity index (χ0) is 18.1. The Morgan fingerprint density at radius 1 is 1.15 bits per heavy atom. The number of pyridine rings is 1. The third kappa shape index (κ3) is 2.83. The van der Waals surface area contributed by atoms with E-state index in [1.165, 1.54) is 0 Å². The van der Waals surface area contributed by atoms with Gasteiger partial charge in [0.2, 0.25) is 6.79 Å². The number of aromatic nitrogens is 1. The molecular weight excluding hydrogens is 338 g/mol. The molecule has 0 amide bonds. The van der Waals surface area contributed by atoms with E-state index in [4.69, 9.17) is 18.9 Å². The van der Waals surface area contributed by atoms with Crippen molar-refractivity contribution in [2.45, 2.75) is 6.61 Å². The highest BCUT2D eigenvalue weighted by atomic mass is 16.7. The molecule has 0 saturated carbocycles. The number of fused-ring (bicyclic) bond motifs is 2. The largest absolute Gasteiger partial charge is 0.493 e. The topological polar surface area (TPSA) is 87.1 Å². The number of carboxylic acids is 1. The van der Waals surface area contributed by atoms with E-state index in [2.05, 4.69) is 4.98 Å². The number of para-hydroxylation sites is 2. The lowest BCUT2D eigenvalue weighted by atomic mass is 10.1. The number of carbonyl (C=O) groups is 1. The van der Waals surface area contributed by atoms with Gasteiger partial charge in [-0.2, -0.15) is 0 Å². The van der Waals surface area contributed by atoms with Crippen LogP contribution in [0, 0.1) is 0 Å². The summed E-state index contributed by atoms with van der Waals surface area (Å²) in [6.45, 7) is 0.133. The zero-order valence-corrected chi connectivity index (χ0v) is 13.9. The molecular formula is C19H15NO6. The second-order valence-corrected chi connectivity index (χ2v) is 5.63. The average molecular weight is 353 g/mol. The van der Waals surface area contributed by atoms with Gasteiger partial charge in [0.1, 0.15) is 6.61 Å². The molecule has 7 heteroatoms. The van der Waals surface area contributed by atoms with Crippen LogP contribution in [0.15, 0.2) is 42.5 Å². The van der Waals surface area contributed by atoms with E-state index in [9.17, 15) is 9.90 Å². The number of carboxylic acid groups (broad SMARTS) is 1. The molecule has 4 rings (SSSR count). The van der Waals surface area contributed by atoms with Gasteiger partial charge in [-0.3, -0.25) is 0 Å². The van der Waals surface area contributed by atoms with Gasteiger partial charge in [0.25, 0.3) is 0 Å². The Labute approximate surface area is 148 Å². The zero-order valence-electron chi connectivity index (χ0n) is 13.9. The van der Waals surface area contributed by atoms with Crippen LogP contribution in [0.25, 0.3) is 10.9 Å². The number of benzene rings is 2. The molecule has 1 N–H and O–H groups in total. The van der Waals surface area contributed by atoms with Gasteiger partial charge in [-0.1, -0.05) is 12.1 Å². The molecule has 2 heterocycles. The van der Waals surface area contributed by atoms with Crippen molar-refractivity contribution in [1.29, 1.82) is 0 Å². The number of ether oxygens (including phenoxy) is 4. The first-order chi connectivity index (χ1) is 12.7. The second kappa shape index (κ2) is 6.44. The van der Waals surface area contributed by atoms with Crippen molar-refractivity contribution in [1.82, 2.24) is 4.98 Å². The Morgan fingerprint density at radius 2 is 1.88 bits per heavy atom. The van der Waals surface area contributed by atoms with Crippen LogP contribution in [0.4, 0.5) is 0 Å². The third-order valence-corrected chi connectivity index (χ3v) is 4.05. The Bertz CT molecular complexity index is 1000. The van der Waals surface area contributed by atoms with Crippen LogP contribution in [0.2, 0.25) is 0 Å². The summed E-state index contributed by atoms with van der Waals surface area (Å²) >= 11 is 0. The maximum absolute atomic E-state index is 11.7. The fourth-order valence-electron chi connectivity index (χ4n) is 2.78. The summed E-state index contributed by atoms with van der Waals surface area (Å²) < 4.78 is 21.7. The molecule has 26 heavy (non-hydrogen) atoms. The maximum Gasteiger partial charge on any atom is 0.337 e. The quantitative estimate of drug-likeness (QED) is 0.753. The van der Waals surface area contributed by atoms with E-state index in [-0.39, 0.29) is 19.0 Å². The van der Waals surface area contributed by atoms with Crippen molar-refractivity contribution in [3.63, 3.8) is 0 Å². The SMILES string of the molecule is COc1ccccc1OCc1nc2cc3c(cc2cc1C(=O)O)OCO3. The smallest absolute Gasteiger partial charge is 0.337 e. The molecule has 1 aromatic heterocycles. The Balaban J connectivity index is 1.72. The molecule has 0 fully saturated rings. The predicted octanol–water partition coefficient (Wildman–Crippen LogP) is 3.25. The van der Waals surface area contributed by atoms with Gasteiger partial charge < -0.3 is 24.1 Å². The molecule has 0 atom stereocenters. The molecule has 7 nitrogen and oxygen atoms in total. The summed E-state index contributed by atoms with van der Waals surface area (Å²) in [5.74, 6) is 1.17.